The molecule has 0 spiro atoms. The molecule has 0 heterocycles. The van der Waals surface area contributed by atoms with Crippen molar-refractivity contribution in [3.8, 4) is 0 Å². The van der Waals surface area contributed by atoms with Crippen LogP contribution in [0.2, 0.25) is 0 Å². The average Bonchev–Trinajstić information content (AvgIpc) is 1.88. The van der Waals surface area contributed by atoms with Crippen molar-refractivity contribution in [1.82, 2.24) is 0 Å². The van der Waals surface area contributed by atoms with Crippen LogP contribution in [0.1, 0.15) is 20.8 Å². The number of methoxy groups -OCH3 is 2. The van der Waals surface area contributed by atoms with Gasteiger partial charge in [0, 0.05) is 20.1 Å². The molecule has 0 N–H and O–H groups in total. The maximum atomic E-state index is 5.10. The Bertz CT molecular complexity index is 122. The van der Waals surface area contributed by atoms with Crippen molar-refractivity contribution in [2.24, 2.45) is 5.92 Å². The highest BCUT2D eigenvalue weighted by Gasteiger charge is 2.11. The summed E-state index contributed by atoms with van der Waals surface area (Å²) in [6.45, 7) is 6.21. The zero-order valence-corrected chi connectivity index (χ0v) is 8.05. The van der Waals surface area contributed by atoms with Crippen LogP contribution in [0.3, 0.4) is 0 Å². The molecule has 0 aliphatic carbocycles. The summed E-state index contributed by atoms with van der Waals surface area (Å²) in [4.78, 5) is 0. The first-order valence-electron chi connectivity index (χ1n) is 3.82. The third kappa shape index (κ3) is 4.17. The van der Waals surface area contributed by atoms with E-state index in [2.05, 4.69) is 26.8 Å². The van der Waals surface area contributed by atoms with E-state index in [1.54, 1.807) is 14.2 Å². The van der Waals surface area contributed by atoms with Crippen molar-refractivity contribution in [2.45, 2.75) is 27.1 Å². The molecule has 0 saturated heterocycles. The van der Waals surface area contributed by atoms with Crippen molar-refractivity contribution < 1.29 is 9.47 Å². The Hall–Kier alpha value is -0.340. The van der Waals surface area contributed by atoms with Crippen LogP contribution in [0.5, 0.6) is 0 Å². The van der Waals surface area contributed by atoms with E-state index < -0.39 is 0 Å². The van der Waals surface area contributed by atoms with E-state index in [4.69, 9.17) is 9.47 Å². The van der Waals surface area contributed by atoms with Crippen molar-refractivity contribution in [2.75, 3.05) is 14.2 Å². The van der Waals surface area contributed by atoms with Crippen LogP contribution in [0.15, 0.2) is 11.6 Å². The van der Waals surface area contributed by atoms with Gasteiger partial charge in [-0.3, -0.25) is 0 Å². The third-order valence-electron chi connectivity index (χ3n) is 1.49. The zero-order chi connectivity index (χ0) is 8.85. The fraction of sp³-hybridized carbons (Fsp3) is 0.778. The van der Waals surface area contributed by atoms with Crippen molar-refractivity contribution in [1.29, 1.82) is 0 Å². The highest BCUT2D eigenvalue weighted by Crippen LogP contribution is 2.10. The largest absolute Gasteiger partial charge is 0.355 e. The number of hydrogen-bond donors (Lipinski definition) is 0. The van der Waals surface area contributed by atoms with Crippen LogP contribution in [0, 0.1) is 5.92 Å². The average molecular weight is 158 g/mol. The van der Waals surface area contributed by atoms with Gasteiger partial charge in [-0.05, 0) is 13.8 Å². The second kappa shape index (κ2) is 5.33. The van der Waals surface area contributed by atoms with Crippen LogP contribution < -0.4 is 0 Å². The normalized spacial score (nSPS) is 13.3. The lowest BCUT2D eigenvalue weighted by molar-refractivity contribution is -0.122. The van der Waals surface area contributed by atoms with Gasteiger partial charge in [0.25, 0.3) is 0 Å². The molecule has 0 fully saturated rings. The lowest BCUT2D eigenvalue weighted by Gasteiger charge is -2.18. The van der Waals surface area contributed by atoms with Crippen LogP contribution in [0.25, 0.3) is 0 Å². The second-order valence-electron chi connectivity index (χ2n) is 2.94. The molecule has 66 valence electrons. The predicted octanol–water partition coefficient (Wildman–Crippen LogP) is 2.21. The summed E-state index contributed by atoms with van der Waals surface area (Å²) in [6, 6.07) is 0. The molecule has 2 heteroatoms. The van der Waals surface area contributed by atoms with E-state index in [9.17, 15) is 0 Å². The molecule has 0 radical (unpaired) electrons. The number of ether oxygens (including phenoxy) is 2. The molecule has 0 saturated carbocycles. The molecule has 11 heavy (non-hydrogen) atoms. The van der Waals surface area contributed by atoms with Crippen LogP contribution in [-0.2, 0) is 9.47 Å². The Morgan fingerprint density at radius 1 is 1.18 bits per heavy atom. The van der Waals surface area contributed by atoms with Gasteiger partial charge in [-0.2, -0.15) is 0 Å². The van der Waals surface area contributed by atoms with Gasteiger partial charge in [0.05, 0.1) is 0 Å². The number of hydrogen-bond acceptors (Lipinski definition) is 2. The van der Waals surface area contributed by atoms with Crippen molar-refractivity contribution in [3.05, 3.63) is 11.6 Å². The molecule has 0 aliphatic rings. The molecule has 0 aromatic heterocycles. The Balaban J connectivity index is 3.98. The molecule has 1 atom stereocenters. The van der Waals surface area contributed by atoms with Gasteiger partial charge in [-0.25, -0.2) is 0 Å². The molecule has 0 bridgehead atoms. The summed E-state index contributed by atoms with van der Waals surface area (Å²) >= 11 is 0. The van der Waals surface area contributed by atoms with E-state index in [1.807, 2.05) is 0 Å². The SMILES string of the molecule is COC(OC)C(C)C=C(C)C. The first kappa shape index (κ1) is 10.7. The van der Waals surface area contributed by atoms with Gasteiger partial charge < -0.3 is 9.47 Å². The van der Waals surface area contributed by atoms with Crippen molar-refractivity contribution >= 4 is 0 Å². The van der Waals surface area contributed by atoms with Crippen molar-refractivity contribution in [3.63, 3.8) is 0 Å². The van der Waals surface area contributed by atoms with Gasteiger partial charge in [-0.15, -0.1) is 0 Å². The molecular formula is C9H18O2. The smallest absolute Gasteiger partial charge is 0.162 e. The van der Waals surface area contributed by atoms with E-state index in [-0.39, 0.29) is 6.29 Å². The monoisotopic (exact) mass is 158 g/mol. The summed E-state index contributed by atoms with van der Waals surface area (Å²) < 4.78 is 10.2. The summed E-state index contributed by atoms with van der Waals surface area (Å²) in [5.41, 5.74) is 1.29. The molecular weight excluding hydrogens is 140 g/mol. The molecule has 0 amide bonds. The Morgan fingerprint density at radius 3 is 1.91 bits per heavy atom. The Morgan fingerprint density at radius 2 is 1.64 bits per heavy atom. The lowest BCUT2D eigenvalue weighted by atomic mass is 10.1. The topological polar surface area (TPSA) is 18.5 Å². The molecule has 1 unspecified atom stereocenters. The fourth-order valence-corrected chi connectivity index (χ4v) is 1.13. The molecule has 0 aromatic rings. The quantitative estimate of drug-likeness (QED) is 0.461. The highest BCUT2D eigenvalue weighted by atomic mass is 16.7. The van der Waals surface area contributed by atoms with E-state index in [1.165, 1.54) is 5.57 Å². The minimum absolute atomic E-state index is 0.120. The highest BCUT2D eigenvalue weighted by molar-refractivity contribution is 4.96. The van der Waals surface area contributed by atoms with Gasteiger partial charge in [0.15, 0.2) is 6.29 Å². The zero-order valence-electron chi connectivity index (χ0n) is 8.05. The van der Waals surface area contributed by atoms with Gasteiger partial charge in [0.2, 0.25) is 0 Å². The Labute approximate surface area is 69.2 Å². The van der Waals surface area contributed by atoms with Crippen LogP contribution >= 0.6 is 0 Å². The number of rotatable bonds is 4. The first-order chi connectivity index (χ1) is 5.11. The summed E-state index contributed by atoms with van der Waals surface area (Å²) in [5.74, 6) is 0.315. The van der Waals surface area contributed by atoms with Gasteiger partial charge >= 0.3 is 0 Å². The van der Waals surface area contributed by atoms with Gasteiger partial charge in [0.1, 0.15) is 0 Å². The fourth-order valence-electron chi connectivity index (χ4n) is 1.13. The lowest BCUT2D eigenvalue weighted by Crippen LogP contribution is -2.20. The standard InChI is InChI=1S/C9H18O2/c1-7(2)6-8(3)9(10-4)11-5/h6,8-9H,1-5H3. The third-order valence-corrected chi connectivity index (χ3v) is 1.49. The molecule has 0 aromatic carbocycles. The van der Waals surface area contributed by atoms with E-state index in [0.717, 1.165) is 0 Å². The second-order valence-corrected chi connectivity index (χ2v) is 2.94. The van der Waals surface area contributed by atoms with E-state index >= 15 is 0 Å². The van der Waals surface area contributed by atoms with Gasteiger partial charge in [-0.1, -0.05) is 18.6 Å². The molecule has 0 rings (SSSR count). The molecule has 2 nitrogen and oxygen atoms in total. The Kier molecular flexibility index (Phi) is 5.16. The minimum atomic E-state index is -0.120. The summed E-state index contributed by atoms with van der Waals surface area (Å²) in [7, 11) is 3.31. The molecule has 0 aliphatic heterocycles. The number of allylic oxidation sites excluding steroid dienone is 1. The maximum absolute atomic E-state index is 5.10. The summed E-state index contributed by atoms with van der Waals surface area (Å²) in [5, 5.41) is 0. The van der Waals surface area contributed by atoms with Crippen LogP contribution in [-0.4, -0.2) is 20.5 Å². The predicted molar refractivity (Wildman–Crippen MR) is 46.4 cm³/mol. The minimum Gasteiger partial charge on any atom is -0.355 e. The summed E-state index contributed by atoms with van der Waals surface area (Å²) in [6.07, 6.45) is 2.02. The van der Waals surface area contributed by atoms with E-state index in [0.29, 0.717) is 5.92 Å². The maximum Gasteiger partial charge on any atom is 0.162 e. The first-order valence-corrected chi connectivity index (χ1v) is 3.82. The van der Waals surface area contributed by atoms with Crippen LogP contribution in [0.4, 0.5) is 0 Å².